The summed E-state index contributed by atoms with van der Waals surface area (Å²) in [5.74, 6) is -0.536. The van der Waals surface area contributed by atoms with Crippen molar-refractivity contribution >= 4 is 23.5 Å². The van der Waals surface area contributed by atoms with Gasteiger partial charge in [-0.25, -0.2) is 4.79 Å². The number of aromatic nitrogens is 1. The van der Waals surface area contributed by atoms with Gasteiger partial charge >= 0.3 is 5.97 Å². The monoisotopic (exact) mass is 306 g/mol. The molecule has 0 aliphatic rings. The highest BCUT2D eigenvalue weighted by Crippen LogP contribution is 2.13. The van der Waals surface area contributed by atoms with Gasteiger partial charge in [-0.2, -0.15) is 0 Å². The molecular formula is C15H15ClN2O3. The maximum Gasteiger partial charge on any atom is 0.337 e. The van der Waals surface area contributed by atoms with Crippen LogP contribution in [0.2, 0.25) is 5.02 Å². The second-order valence-electron chi connectivity index (χ2n) is 4.58. The van der Waals surface area contributed by atoms with E-state index in [1.807, 2.05) is 0 Å². The molecule has 2 rings (SSSR count). The number of nitrogens with one attached hydrogen (secondary N) is 1. The molecule has 1 heterocycles. The number of methoxy groups -OCH3 is 1. The van der Waals surface area contributed by atoms with E-state index in [0.717, 1.165) is 5.56 Å². The molecular weight excluding hydrogens is 292 g/mol. The fourth-order valence-electron chi connectivity index (χ4n) is 1.91. The minimum atomic E-state index is -0.382. The van der Waals surface area contributed by atoms with Crippen molar-refractivity contribution in [2.75, 3.05) is 14.2 Å². The van der Waals surface area contributed by atoms with Crippen LogP contribution in [0, 0.1) is 0 Å². The molecule has 0 bridgehead atoms. The predicted molar refractivity (Wildman–Crippen MR) is 79.4 cm³/mol. The Morgan fingerprint density at radius 2 is 1.95 bits per heavy atom. The van der Waals surface area contributed by atoms with Crippen molar-refractivity contribution < 1.29 is 14.3 Å². The zero-order chi connectivity index (χ0) is 15.4. The first kappa shape index (κ1) is 15.1. The lowest BCUT2D eigenvalue weighted by Crippen LogP contribution is -2.26. The van der Waals surface area contributed by atoms with E-state index in [0.29, 0.717) is 22.8 Å². The minimum Gasteiger partial charge on any atom is -0.465 e. The molecule has 2 aromatic rings. The van der Waals surface area contributed by atoms with E-state index in [1.165, 1.54) is 7.11 Å². The number of hydrogen-bond donors (Lipinski definition) is 1. The standard InChI is InChI=1S/C15H15ClN2O3/c1-18(14(19)13-7-12(16)8-17-13)9-10-3-5-11(6-4-10)15(20)21-2/h3-8,17H,9H2,1-2H3. The quantitative estimate of drug-likeness (QED) is 0.883. The first-order valence-electron chi connectivity index (χ1n) is 6.28. The summed E-state index contributed by atoms with van der Waals surface area (Å²) < 4.78 is 4.64. The van der Waals surface area contributed by atoms with E-state index in [4.69, 9.17) is 11.6 Å². The highest BCUT2D eigenvalue weighted by molar-refractivity contribution is 6.30. The molecule has 0 atom stereocenters. The summed E-state index contributed by atoms with van der Waals surface area (Å²) in [6.07, 6.45) is 1.56. The summed E-state index contributed by atoms with van der Waals surface area (Å²) in [6.45, 7) is 0.428. The van der Waals surface area contributed by atoms with Crippen LogP contribution in [0.1, 0.15) is 26.4 Å². The van der Waals surface area contributed by atoms with Gasteiger partial charge in [-0.1, -0.05) is 23.7 Å². The Morgan fingerprint density at radius 3 is 2.48 bits per heavy atom. The van der Waals surface area contributed by atoms with Crippen molar-refractivity contribution in [3.8, 4) is 0 Å². The molecule has 0 spiro atoms. The fourth-order valence-corrected chi connectivity index (χ4v) is 2.07. The van der Waals surface area contributed by atoms with Gasteiger partial charge in [0.25, 0.3) is 5.91 Å². The summed E-state index contributed by atoms with van der Waals surface area (Å²) in [5, 5.41) is 0.495. The number of benzene rings is 1. The number of hydrogen-bond acceptors (Lipinski definition) is 3. The molecule has 0 aliphatic carbocycles. The molecule has 21 heavy (non-hydrogen) atoms. The molecule has 1 aromatic heterocycles. The lowest BCUT2D eigenvalue weighted by molar-refractivity contribution is 0.0600. The molecule has 0 aliphatic heterocycles. The van der Waals surface area contributed by atoms with Gasteiger partial charge in [-0.3, -0.25) is 4.79 Å². The Labute approximate surface area is 127 Å². The maximum absolute atomic E-state index is 12.1. The van der Waals surface area contributed by atoms with Gasteiger partial charge in [0.1, 0.15) is 5.69 Å². The molecule has 0 saturated heterocycles. The third kappa shape index (κ3) is 3.64. The number of H-pyrrole nitrogens is 1. The minimum absolute atomic E-state index is 0.154. The normalized spacial score (nSPS) is 10.2. The van der Waals surface area contributed by atoms with Crippen molar-refractivity contribution in [3.05, 3.63) is 58.4 Å². The van der Waals surface area contributed by atoms with Crippen molar-refractivity contribution in [1.82, 2.24) is 9.88 Å². The number of rotatable bonds is 4. The van der Waals surface area contributed by atoms with Crippen molar-refractivity contribution in [2.24, 2.45) is 0 Å². The average Bonchev–Trinajstić information content (AvgIpc) is 2.93. The van der Waals surface area contributed by atoms with Gasteiger partial charge in [0.15, 0.2) is 0 Å². The van der Waals surface area contributed by atoms with Gasteiger partial charge in [-0.05, 0) is 23.8 Å². The van der Waals surface area contributed by atoms with Crippen LogP contribution in [-0.2, 0) is 11.3 Å². The summed E-state index contributed by atoms with van der Waals surface area (Å²) in [7, 11) is 3.04. The van der Waals surface area contributed by atoms with Gasteiger partial charge in [0, 0.05) is 19.8 Å². The first-order valence-corrected chi connectivity index (χ1v) is 6.65. The van der Waals surface area contributed by atoms with Crippen LogP contribution in [0.3, 0.4) is 0 Å². The number of carbonyl (C=O) groups excluding carboxylic acids is 2. The third-order valence-electron chi connectivity index (χ3n) is 3.02. The van der Waals surface area contributed by atoms with Crippen LogP contribution in [0.15, 0.2) is 36.5 Å². The SMILES string of the molecule is COC(=O)c1ccc(CN(C)C(=O)c2cc(Cl)c[nH]2)cc1. The first-order chi connectivity index (χ1) is 10.0. The van der Waals surface area contributed by atoms with E-state index in [2.05, 4.69) is 9.72 Å². The maximum atomic E-state index is 12.1. The number of halogens is 1. The lowest BCUT2D eigenvalue weighted by Gasteiger charge is -2.16. The predicted octanol–water partition coefficient (Wildman–Crippen LogP) is 2.73. The molecule has 110 valence electrons. The molecule has 1 amide bonds. The number of esters is 1. The highest BCUT2D eigenvalue weighted by atomic mass is 35.5. The van der Waals surface area contributed by atoms with Crippen LogP contribution in [0.25, 0.3) is 0 Å². The lowest BCUT2D eigenvalue weighted by atomic mass is 10.1. The number of aromatic amines is 1. The molecule has 0 radical (unpaired) electrons. The summed E-state index contributed by atoms with van der Waals surface area (Å²) in [5.41, 5.74) is 1.83. The zero-order valence-electron chi connectivity index (χ0n) is 11.7. The number of ether oxygens (including phenoxy) is 1. The molecule has 1 N–H and O–H groups in total. The Morgan fingerprint density at radius 1 is 1.29 bits per heavy atom. The Balaban J connectivity index is 2.04. The van der Waals surface area contributed by atoms with E-state index >= 15 is 0 Å². The van der Waals surface area contributed by atoms with Crippen molar-refractivity contribution in [3.63, 3.8) is 0 Å². The van der Waals surface area contributed by atoms with E-state index in [-0.39, 0.29) is 11.9 Å². The average molecular weight is 307 g/mol. The smallest absolute Gasteiger partial charge is 0.337 e. The van der Waals surface area contributed by atoms with Crippen LogP contribution in [0.4, 0.5) is 0 Å². The Bertz CT molecular complexity index is 649. The van der Waals surface area contributed by atoms with Gasteiger partial charge in [-0.15, -0.1) is 0 Å². The third-order valence-corrected chi connectivity index (χ3v) is 3.24. The summed E-state index contributed by atoms with van der Waals surface area (Å²) in [6, 6.07) is 8.51. The fraction of sp³-hybridized carbons (Fsp3) is 0.200. The van der Waals surface area contributed by atoms with E-state index in [1.54, 1.807) is 48.5 Å². The Kier molecular flexibility index (Phi) is 4.65. The molecule has 5 nitrogen and oxygen atoms in total. The van der Waals surface area contributed by atoms with Crippen LogP contribution in [-0.4, -0.2) is 35.9 Å². The number of carbonyl (C=O) groups is 2. The molecule has 0 unspecified atom stereocenters. The molecule has 1 aromatic carbocycles. The molecule has 6 heteroatoms. The highest BCUT2D eigenvalue weighted by Gasteiger charge is 2.14. The zero-order valence-corrected chi connectivity index (χ0v) is 12.5. The van der Waals surface area contributed by atoms with Crippen LogP contribution < -0.4 is 0 Å². The van der Waals surface area contributed by atoms with Gasteiger partial charge in [0.05, 0.1) is 17.7 Å². The second kappa shape index (κ2) is 6.45. The van der Waals surface area contributed by atoms with Gasteiger partial charge < -0.3 is 14.6 Å². The van der Waals surface area contributed by atoms with Crippen molar-refractivity contribution in [1.29, 1.82) is 0 Å². The van der Waals surface area contributed by atoms with Crippen LogP contribution in [0.5, 0.6) is 0 Å². The summed E-state index contributed by atoms with van der Waals surface area (Å²) in [4.78, 5) is 27.9. The molecule has 0 fully saturated rings. The van der Waals surface area contributed by atoms with Crippen molar-refractivity contribution in [2.45, 2.75) is 6.54 Å². The van der Waals surface area contributed by atoms with Gasteiger partial charge in [0.2, 0.25) is 0 Å². The Hall–Kier alpha value is -2.27. The summed E-state index contributed by atoms with van der Waals surface area (Å²) >= 11 is 5.78. The largest absolute Gasteiger partial charge is 0.465 e. The van der Waals surface area contributed by atoms with Crippen LogP contribution >= 0.6 is 11.6 Å². The molecule has 0 saturated carbocycles. The topological polar surface area (TPSA) is 62.4 Å². The number of amides is 1. The number of nitrogens with zero attached hydrogens (tertiary/aromatic N) is 1. The second-order valence-corrected chi connectivity index (χ2v) is 5.02. The van der Waals surface area contributed by atoms with E-state index in [9.17, 15) is 9.59 Å². The van der Waals surface area contributed by atoms with E-state index < -0.39 is 0 Å².